The molecule has 5 rings (SSSR count). The van der Waals surface area contributed by atoms with Gasteiger partial charge >= 0.3 is 0 Å². The van der Waals surface area contributed by atoms with Crippen LogP contribution in [0.3, 0.4) is 0 Å². The van der Waals surface area contributed by atoms with Crippen LogP contribution in [0.25, 0.3) is 33.8 Å². The molecule has 14 heteroatoms. The number of hydrogen-bond donors (Lipinski definition) is 2. The molecule has 2 N–H and O–H groups in total. The van der Waals surface area contributed by atoms with E-state index in [4.69, 9.17) is 14.6 Å². The molecule has 0 saturated carbocycles. The average Bonchev–Trinajstić information content (AvgIpc) is 3.39. The lowest BCUT2D eigenvalue weighted by molar-refractivity contribution is 0.0499. The van der Waals surface area contributed by atoms with Gasteiger partial charge in [-0.1, -0.05) is 0 Å². The summed E-state index contributed by atoms with van der Waals surface area (Å²) in [6.07, 6.45) is 4.29. The van der Waals surface area contributed by atoms with Gasteiger partial charge < -0.3 is 14.6 Å². The molecule has 0 aliphatic carbocycles. The topological polar surface area (TPSA) is 167 Å². The van der Waals surface area contributed by atoms with Gasteiger partial charge in [-0.2, -0.15) is 14.5 Å². The SMILES string of the molecule is COCc1nc2ncc3c(=O)n(-c4nc5c(ncn5COCCO)c(=O)[nH]4)ccc3n2n1. The zero-order valence-electron chi connectivity index (χ0n) is 16.8. The lowest BCUT2D eigenvalue weighted by atomic mass is 10.3. The molecule has 0 fully saturated rings. The number of aliphatic hydroxyl groups is 1. The van der Waals surface area contributed by atoms with E-state index in [0.29, 0.717) is 17.1 Å². The molecular weight excluding hydrogens is 422 g/mol. The molecule has 0 unspecified atom stereocenters. The maximum atomic E-state index is 13.2. The van der Waals surface area contributed by atoms with E-state index in [1.54, 1.807) is 6.07 Å². The van der Waals surface area contributed by atoms with E-state index in [1.165, 1.54) is 39.5 Å². The molecule has 14 nitrogen and oxygen atoms in total. The zero-order valence-corrected chi connectivity index (χ0v) is 16.8. The van der Waals surface area contributed by atoms with Crippen LogP contribution in [0.1, 0.15) is 5.82 Å². The molecule has 0 aliphatic heterocycles. The number of pyridine rings is 1. The smallest absolute Gasteiger partial charge is 0.280 e. The summed E-state index contributed by atoms with van der Waals surface area (Å²) in [5, 5.41) is 13.5. The Hall–Kier alpha value is -4.01. The first kappa shape index (κ1) is 19.9. The Kier molecular flexibility index (Phi) is 4.93. The Bertz CT molecular complexity index is 1560. The Morgan fingerprint density at radius 1 is 1.22 bits per heavy atom. The maximum Gasteiger partial charge on any atom is 0.280 e. The van der Waals surface area contributed by atoms with Gasteiger partial charge in [0, 0.05) is 19.5 Å². The highest BCUT2D eigenvalue weighted by Gasteiger charge is 2.15. The third kappa shape index (κ3) is 3.22. The van der Waals surface area contributed by atoms with Gasteiger partial charge in [0.2, 0.25) is 5.95 Å². The second-order valence-corrected chi connectivity index (χ2v) is 6.76. The van der Waals surface area contributed by atoms with Gasteiger partial charge in [0.15, 0.2) is 17.0 Å². The Morgan fingerprint density at radius 2 is 2.09 bits per heavy atom. The number of aromatic amines is 1. The first-order valence-electron chi connectivity index (χ1n) is 9.50. The summed E-state index contributed by atoms with van der Waals surface area (Å²) >= 11 is 0. The molecular formula is C18H17N9O5. The lowest BCUT2D eigenvalue weighted by Gasteiger charge is -2.08. The molecule has 0 radical (unpaired) electrons. The van der Waals surface area contributed by atoms with Crippen molar-refractivity contribution in [3.05, 3.63) is 51.3 Å². The molecule has 164 valence electrons. The van der Waals surface area contributed by atoms with Crippen LogP contribution >= 0.6 is 0 Å². The first-order chi connectivity index (χ1) is 15.6. The van der Waals surface area contributed by atoms with Crippen LogP contribution in [0.15, 0.2) is 34.4 Å². The molecule has 0 aliphatic rings. The summed E-state index contributed by atoms with van der Waals surface area (Å²) in [5.41, 5.74) is -0.121. The third-order valence-corrected chi connectivity index (χ3v) is 4.71. The highest BCUT2D eigenvalue weighted by molar-refractivity contribution is 5.79. The number of nitrogens with zero attached hydrogens (tertiary/aromatic N) is 8. The van der Waals surface area contributed by atoms with Crippen LogP contribution in [0.4, 0.5) is 0 Å². The Morgan fingerprint density at radius 3 is 2.91 bits per heavy atom. The summed E-state index contributed by atoms with van der Waals surface area (Å²) in [6.45, 7) is 0.231. The molecule has 0 spiro atoms. The molecule has 0 atom stereocenters. The summed E-state index contributed by atoms with van der Waals surface area (Å²) < 4.78 is 14.5. The molecule has 5 aromatic rings. The molecule has 0 amide bonds. The summed E-state index contributed by atoms with van der Waals surface area (Å²) in [4.78, 5) is 45.2. The average molecular weight is 439 g/mol. The fourth-order valence-electron chi connectivity index (χ4n) is 3.30. The number of methoxy groups -OCH3 is 1. The summed E-state index contributed by atoms with van der Waals surface area (Å²) in [7, 11) is 1.53. The van der Waals surface area contributed by atoms with E-state index < -0.39 is 11.1 Å². The number of imidazole rings is 1. The van der Waals surface area contributed by atoms with Crippen molar-refractivity contribution in [3.63, 3.8) is 0 Å². The number of hydrogen-bond acceptors (Lipinski definition) is 10. The van der Waals surface area contributed by atoms with Crippen molar-refractivity contribution in [1.82, 2.24) is 43.7 Å². The minimum atomic E-state index is -0.507. The predicted molar refractivity (Wildman–Crippen MR) is 109 cm³/mol. The molecule has 5 aromatic heterocycles. The third-order valence-electron chi connectivity index (χ3n) is 4.71. The van der Waals surface area contributed by atoms with Gasteiger partial charge in [0.05, 0.1) is 30.4 Å². The predicted octanol–water partition coefficient (Wildman–Crippen LogP) is -1.03. The minimum absolute atomic E-state index is 0.0112. The number of nitrogens with one attached hydrogen (secondary N) is 1. The second-order valence-electron chi connectivity index (χ2n) is 6.76. The first-order valence-corrected chi connectivity index (χ1v) is 9.50. The highest BCUT2D eigenvalue weighted by atomic mass is 16.5. The van der Waals surface area contributed by atoms with Gasteiger partial charge in [0.25, 0.3) is 16.9 Å². The van der Waals surface area contributed by atoms with Crippen molar-refractivity contribution in [1.29, 1.82) is 0 Å². The van der Waals surface area contributed by atoms with Crippen molar-refractivity contribution >= 4 is 27.8 Å². The Labute approximate surface area is 177 Å². The van der Waals surface area contributed by atoms with Crippen LogP contribution in [0.2, 0.25) is 0 Å². The van der Waals surface area contributed by atoms with Gasteiger partial charge in [-0.15, -0.1) is 5.10 Å². The molecule has 32 heavy (non-hydrogen) atoms. The normalized spacial score (nSPS) is 11.8. The van der Waals surface area contributed by atoms with Crippen molar-refractivity contribution in [2.45, 2.75) is 13.3 Å². The number of ether oxygens (including phenoxy) is 2. The van der Waals surface area contributed by atoms with Gasteiger partial charge in [-0.25, -0.2) is 9.97 Å². The highest BCUT2D eigenvalue weighted by Crippen LogP contribution is 2.13. The van der Waals surface area contributed by atoms with Crippen molar-refractivity contribution in [2.24, 2.45) is 0 Å². The number of rotatable bonds is 7. The molecule has 0 bridgehead atoms. The van der Waals surface area contributed by atoms with Gasteiger partial charge in [-0.3, -0.25) is 23.7 Å². The molecule has 0 saturated heterocycles. The maximum absolute atomic E-state index is 13.2. The van der Waals surface area contributed by atoms with Crippen LogP contribution < -0.4 is 11.1 Å². The van der Waals surface area contributed by atoms with Crippen molar-refractivity contribution in [2.75, 3.05) is 20.3 Å². The van der Waals surface area contributed by atoms with E-state index in [1.807, 2.05) is 0 Å². The van der Waals surface area contributed by atoms with E-state index in [-0.39, 0.29) is 49.0 Å². The quantitative estimate of drug-likeness (QED) is 0.299. The number of aliphatic hydroxyl groups excluding tert-OH is 1. The minimum Gasteiger partial charge on any atom is -0.394 e. The van der Waals surface area contributed by atoms with Gasteiger partial charge in [0.1, 0.15) is 13.3 Å². The van der Waals surface area contributed by atoms with E-state index in [0.717, 1.165) is 0 Å². The van der Waals surface area contributed by atoms with E-state index in [9.17, 15) is 9.59 Å². The zero-order chi connectivity index (χ0) is 22.2. The number of fused-ring (bicyclic) bond motifs is 4. The Balaban J connectivity index is 1.64. The second kappa shape index (κ2) is 7.92. The van der Waals surface area contributed by atoms with Crippen molar-refractivity contribution < 1.29 is 14.6 Å². The fraction of sp³-hybridized carbons (Fsp3) is 0.278. The molecule has 0 aromatic carbocycles. The van der Waals surface area contributed by atoms with E-state index in [2.05, 4.69) is 30.0 Å². The standard InChI is InChI=1S/C18H17N9O5/c1-31-7-12-21-17-19-6-10-11(27(17)24-12)2-3-26(16(10)30)18-22-14-13(15(29)23-18)20-8-25(14)9-32-5-4-28/h2-3,6,8,28H,4-5,7,9H2,1H3,(H,22,23,29). The lowest BCUT2D eigenvalue weighted by Crippen LogP contribution is -2.24. The number of aromatic nitrogens is 9. The monoisotopic (exact) mass is 439 g/mol. The summed E-state index contributed by atoms with van der Waals surface area (Å²) in [6, 6.07) is 1.66. The number of H-pyrrole nitrogens is 1. The molecule has 5 heterocycles. The largest absolute Gasteiger partial charge is 0.394 e. The summed E-state index contributed by atoms with van der Waals surface area (Å²) in [5.74, 6) is 0.781. The van der Waals surface area contributed by atoms with E-state index >= 15 is 0 Å². The van der Waals surface area contributed by atoms with Crippen LogP contribution in [0, 0.1) is 0 Å². The van der Waals surface area contributed by atoms with Crippen LogP contribution in [-0.4, -0.2) is 69.1 Å². The van der Waals surface area contributed by atoms with Crippen molar-refractivity contribution in [3.8, 4) is 5.95 Å². The van der Waals surface area contributed by atoms with Crippen LogP contribution in [-0.2, 0) is 22.8 Å². The fourth-order valence-corrected chi connectivity index (χ4v) is 3.30. The van der Waals surface area contributed by atoms with Gasteiger partial charge in [-0.05, 0) is 6.07 Å². The van der Waals surface area contributed by atoms with Crippen LogP contribution in [0.5, 0.6) is 0 Å².